The van der Waals surface area contributed by atoms with Gasteiger partial charge in [0.25, 0.3) is 0 Å². The molecule has 6 heteroatoms. The second kappa shape index (κ2) is 6.08. The van der Waals surface area contributed by atoms with Crippen LogP contribution < -0.4 is 10.5 Å². The number of nitrogen functional groups attached to an aromatic ring is 1. The lowest BCUT2D eigenvalue weighted by atomic mass is 10.0. The first-order valence-electron chi connectivity index (χ1n) is 7.27. The lowest BCUT2D eigenvalue weighted by Crippen LogP contribution is -2.20. The molecule has 1 saturated heterocycles. The van der Waals surface area contributed by atoms with Gasteiger partial charge in [0, 0.05) is 24.6 Å². The largest absolute Gasteiger partial charge is 0.496 e. The number of anilines is 1. The lowest BCUT2D eigenvalue weighted by molar-refractivity contribution is -0.0383. The van der Waals surface area contributed by atoms with Gasteiger partial charge in [-0.05, 0) is 31.4 Å². The van der Waals surface area contributed by atoms with Crippen molar-refractivity contribution in [2.45, 2.75) is 25.5 Å². The molecule has 6 nitrogen and oxygen atoms in total. The van der Waals surface area contributed by atoms with Gasteiger partial charge in [-0.2, -0.15) is 10.4 Å². The maximum atomic E-state index is 9.44. The fourth-order valence-electron chi connectivity index (χ4n) is 2.81. The first-order valence-corrected chi connectivity index (χ1v) is 7.27. The average Bonchev–Trinajstić information content (AvgIpc) is 3.03. The van der Waals surface area contributed by atoms with E-state index < -0.39 is 0 Å². The highest BCUT2D eigenvalue weighted by atomic mass is 16.5. The van der Waals surface area contributed by atoms with Crippen LogP contribution in [0.5, 0.6) is 5.75 Å². The number of nitrogens with two attached hydrogens (primary N) is 1. The molecule has 0 spiro atoms. The van der Waals surface area contributed by atoms with Crippen LogP contribution in [0, 0.1) is 11.3 Å². The number of nitriles is 1. The molecule has 1 atom stereocenters. The van der Waals surface area contributed by atoms with E-state index in [1.807, 2.05) is 10.7 Å². The molecule has 0 amide bonds. The lowest BCUT2D eigenvalue weighted by Gasteiger charge is -2.25. The van der Waals surface area contributed by atoms with Crippen LogP contribution in [0.1, 0.15) is 31.1 Å². The van der Waals surface area contributed by atoms with Crippen molar-refractivity contribution >= 4 is 5.69 Å². The Morgan fingerprint density at radius 2 is 2.32 bits per heavy atom. The summed E-state index contributed by atoms with van der Waals surface area (Å²) in [5, 5.41) is 13.8. The molecule has 0 bridgehead atoms. The molecule has 1 aromatic heterocycles. The van der Waals surface area contributed by atoms with Crippen molar-refractivity contribution in [3.63, 3.8) is 0 Å². The molecule has 1 aromatic carbocycles. The Morgan fingerprint density at radius 3 is 3.00 bits per heavy atom. The highest BCUT2D eigenvalue weighted by Crippen LogP contribution is 2.37. The van der Waals surface area contributed by atoms with Gasteiger partial charge in [-0.1, -0.05) is 0 Å². The van der Waals surface area contributed by atoms with E-state index in [9.17, 15) is 5.26 Å². The number of hydrogen-bond acceptors (Lipinski definition) is 5. The van der Waals surface area contributed by atoms with Crippen molar-refractivity contribution in [1.29, 1.82) is 5.26 Å². The summed E-state index contributed by atoms with van der Waals surface area (Å²) in [6, 6.07) is 7.42. The third-order valence-corrected chi connectivity index (χ3v) is 3.82. The second-order valence-electron chi connectivity index (χ2n) is 5.24. The van der Waals surface area contributed by atoms with Crippen molar-refractivity contribution in [1.82, 2.24) is 9.78 Å². The van der Waals surface area contributed by atoms with Gasteiger partial charge in [-0.25, -0.2) is 4.68 Å². The Bertz CT molecular complexity index is 711. The first kappa shape index (κ1) is 14.4. The SMILES string of the molecule is COc1cc(N)cc(C#N)c1-c1ccnn1C1CCCCO1. The topological polar surface area (TPSA) is 86.1 Å². The summed E-state index contributed by atoms with van der Waals surface area (Å²) in [5.74, 6) is 0.564. The van der Waals surface area contributed by atoms with E-state index in [2.05, 4.69) is 11.2 Å². The van der Waals surface area contributed by atoms with Gasteiger partial charge in [-0.15, -0.1) is 0 Å². The van der Waals surface area contributed by atoms with E-state index in [-0.39, 0.29) is 6.23 Å². The number of rotatable bonds is 3. The highest BCUT2D eigenvalue weighted by Gasteiger charge is 2.23. The molecule has 1 unspecified atom stereocenters. The van der Waals surface area contributed by atoms with Crippen LogP contribution >= 0.6 is 0 Å². The Morgan fingerprint density at radius 1 is 1.45 bits per heavy atom. The first-order chi connectivity index (χ1) is 10.7. The summed E-state index contributed by atoms with van der Waals surface area (Å²) in [6.45, 7) is 0.730. The summed E-state index contributed by atoms with van der Waals surface area (Å²) < 4.78 is 13.1. The molecule has 2 heterocycles. The number of nitrogens with zero attached hydrogens (tertiary/aromatic N) is 3. The van der Waals surface area contributed by atoms with Crippen molar-refractivity contribution in [2.24, 2.45) is 0 Å². The molecule has 1 fully saturated rings. The molecule has 1 aliphatic heterocycles. The number of hydrogen-bond donors (Lipinski definition) is 1. The zero-order valence-corrected chi connectivity index (χ0v) is 12.5. The summed E-state index contributed by atoms with van der Waals surface area (Å²) in [6.07, 6.45) is 4.70. The van der Waals surface area contributed by atoms with Crippen molar-refractivity contribution in [3.05, 3.63) is 30.0 Å². The third-order valence-electron chi connectivity index (χ3n) is 3.82. The van der Waals surface area contributed by atoms with Crippen molar-refractivity contribution in [3.8, 4) is 23.1 Å². The minimum atomic E-state index is -0.104. The molecular formula is C16H18N4O2. The molecule has 0 aliphatic carbocycles. The Balaban J connectivity index is 2.12. The number of benzene rings is 1. The molecule has 0 saturated carbocycles. The fraction of sp³-hybridized carbons (Fsp3) is 0.375. The summed E-state index contributed by atoms with van der Waals surface area (Å²) in [4.78, 5) is 0. The van der Waals surface area contributed by atoms with Gasteiger partial charge in [0.05, 0.1) is 23.9 Å². The quantitative estimate of drug-likeness (QED) is 0.880. The van der Waals surface area contributed by atoms with Crippen molar-refractivity contribution < 1.29 is 9.47 Å². The molecule has 2 aromatic rings. The monoisotopic (exact) mass is 298 g/mol. The maximum absolute atomic E-state index is 9.44. The Kier molecular flexibility index (Phi) is 3.98. The Hall–Kier alpha value is -2.52. The van der Waals surface area contributed by atoms with E-state index in [0.29, 0.717) is 22.6 Å². The van der Waals surface area contributed by atoms with Gasteiger partial charge in [0.1, 0.15) is 11.8 Å². The summed E-state index contributed by atoms with van der Waals surface area (Å²) in [7, 11) is 1.57. The Labute approximate surface area is 129 Å². The van der Waals surface area contributed by atoms with Crippen LogP contribution in [0.15, 0.2) is 24.4 Å². The number of methoxy groups -OCH3 is 1. The van der Waals surface area contributed by atoms with E-state index in [1.54, 1.807) is 25.4 Å². The van der Waals surface area contributed by atoms with Crippen molar-refractivity contribution in [2.75, 3.05) is 19.5 Å². The number of aromatic nitrogens is 2. The summed E-state index contributed by atoms with van der Waals surface area (Å²) in [5.41, 5.74) is 8.31. The van der Waals surface area contributed by atoms with Gasteiger partial charge in [-0.3, -0.25) is 0 Å². The second-order valence-corrected chi connectivity index (χ2v) is 5.24. The van der Waals surface area contributed by atoms with Gasteiger partial charge < -0.3 is 15.2 Å². The zero-order valence-electron chi connectivity index (χ0n) is 12.5. The van der Waals surface area contributed by atoms with Crippen LogP contribution in [-0.4, -0.2) is 23.5 Å². The number of ether oxygens (including phenoxy) is 2. The van der Waals surface area contributed by atoms with Crippen LogP contribution in [0.25, 0.3) is 11.3 Å². The minimum Gasteiger partial charge on any atom is -0.496 e. The molecule has 2 N–H and O–H groups in total. The van der Waals surface area contributed by atoms with Crippen LogP contribution in [-0.2, 0) is 4.74 Å². The normalized spacial score (nSPS) is 17.9. The molecule has 22 heavy (non-hydrogen) atoms. The summed E-state index contributed by atoms with van der Waals surface area (Å²) >= 11 is 0. The van der Waals surface area contributed by atoms with Crippen LogP contribution in [0.3, 0.4) is 0 Å². The van der Waals surface area contributed by atoms with Gasteiger partial charge in [0.2, 0.25) is 0 Å². The average molecular weight is 298 g/mol. The van der Waals surface area contributed by atoms with E-state index >= 15 is 0 Å². The standard InChI is InChI=1S/C16H18N4O2/c1-21-14-9-12(18)8-11(10-17)16(14)13-5-6-19-20(13)15-4-2-3-7-22-15/h5-6,8-9,15H,2-4,7,18H2,1H3. The van der Waals surface area contributed by atoms with Crippen LogP contribution in [0.2, 0.25) is 0 Å². The molecule has 3 rings (SSSR count). The fourth-order valence-corrected chi connectivity index (χ4v) is 2.81. The minimum absolute atomic E-state index is 0.104. The van der Waals surface area contributed by atoms with E-state index in [1.165, 1.54) is 0 Å². The third kappa shape index (κ3) is 2.51. The zero-order chi connectivity index (χ0) is 15.5. The van der Waals surface area contributed by atoms with Gasteiger partial charge >= 0.3 is 0 Å². The predicted octanol–water partition coefficient (Wildman–Crippen LogP) is 2.71. The highest BCUT2D eigenvalue weighted by molar-refractivity contribution is 5.77. The van der Waals surface area contributed by atoms with E-state index in [0.717, 1.165) is 31.6 Å². The maximum Gasteiger partial charge on any atom is 0.150 e. The molecular weight excluding hydrogens is 280 g/mol. The van der Waals surface area contributed by atoms with E-state index in [4.69, 9.17) is 15.2 Å². The van der Waals surface area contributed by atoms with Gasteiger partial charge in [0.15, 0.2) is 6.23 Å². The van der Waals surface area contributed by atoms with Crippen LogP contribution in [0.4, 0.5) is 5.69 Å². The smallest absolute Gasteiger partial charge is 0.150 e. The molecule has 114 valence electrons. The molecule has 1 aliphatic rings. The predicted molar refractivity (Wildman–Crippen MR) is 82.2 cm³/mol. The molecule has 0 radical (unpaired) electrons.